The summed E-state index contributed by atoms with van der Waals surface area (Å²) in [6.07, 6.45) is -2.46. The van der Waals surface area contributed by atoms with Crippen LogP contribution in [-0.4, -0.2) is 44.6 Å². The van der Waals surface area contributed by atoms with Gasteiger partial charge < -0.3 is 20.4 Å². The predicted octanol–water partition coefficient (Wildman–Crippen LogP) is -1.10. The van der Waals surface area contributed by atoms with E-state index in [4.69, 9.17) is 20.4 Å². The van der Waals surface area contributed by atoms with Crippen LogP contribution in [0, 0.1) is 0 Å². The first-order valence-corrected chi connectivity index (χ1v) is 3.10. The second kappa shape index (κ2) is 13.3. The van der Waals surface area contributed by atoms with Crippen LogP contribution in [0.4, 0.5) is 0 Å². The largest absolute Gasteiger partial charge is 0.479 e. The van der Waals surface area contributed by atoms with Gasteiger partial charge in [0.25, 0.3) is 0 Å². The van der Waals surface area contributed by atoms with E-state index in [0.717, 1.165) is 0 Å². The first-order chi connectivity index (χ1) is 5.29. The molecule has 0 heterocycles. The Labute approximate surface area is 111 Å². The molecule has 0 fully saturated rings. The fourth-order valence-corrected chi connectivity index (χ4v) is 0. The van der Waals surface area contributed by atoms with Gasteiger partial charge in [0.05, 0.1) is 0 Å². The maximum Gasteiger partial charge on any atom is 0.332 e. The van der Waals surface area contributed by atoms with Crippen molar-refractivity contribution in [3.8, 4) is 0 Å². The number of aliphatic hydroxyl groups excluding tert-OH is 2. The van der Waals surface area contributed by atoms with Gasteiger partial charge >= 0.3 is 11.9 Å². The van der Waals surface area contributed by atoms with Crippen molar-refractivity contribution < 1.29 is 73.5 Å². The van der Waals surface area contributed by atoms with Gasteiger partial charge in [-0.1, -0.05) is 0 Å². The Balaban J connectivity index is -0.0000000625. The summed E-state index contributed by atoms with van der Waals surface area (Å²) in [6, 6.07) is 0. The zero-order valence-electron chi connectivity index (χ0n) is 7.76. The van der Waals surface area contributed by atoms with Crippen molar-refractivity contribution >= 4 is 11.9 Å². The van der Waals surface area contributed by atoms with Crippen LogP contribution in [-0.2, 0) is 53.0 Å². The van der Waals surface area contributed by atoms with E-state index in [1.807, 2.05) is 0 Å². The molecule has 0 aromatic heterocycles. The molecule has 0 aromatic carbocycles. The first-order valence-electron chi connectivity index (χ1n) is 3.10. The molecule has 0 aliphatic heterocycles. The van der Waals surface area contributed by atoms with E-state index < -0.39 is 24.1 Å². The van der Waals surface area contributed by atoms with Gasteiger partial charge in [-0.2, -0.15) is 0 Å². The van der Waals surface area contributed by atoms with Gasteiger partial charge in [-0.15, -0.1) is 0 Å². The van der Waals surface area contributed by atoms with Crippen LogP contribution in [0.15, 0.2) is 0 Å². The summed E-state index contributed by atoms with van der Waals surface area (Å²) >= 11 is 0. The third-order valence-electron chi connectivity index (χ3n) is 0.715. The second-order valence-corrected chi connectivity index (χ2v) is 2.03. The molecular weight excluding hydrogens is 264 g/mol. The molecule has 0 bridgehead atoms. The van der Waals surface area contributed by atoms with Crippen LogP contribution in [0.25, 0.3) is 0 Å². The molecule has 4 N–H and O–H groups in total. The Morgan fingerprint density at radius 1 is 0.857 bits per heavy atom. The zero-order chi connectivity index (χ0) is 10.3. The molecular formula is C6H12O6Ti2. The van der Waals surface area contributed by atoms with Crippen LogP contribution in [0.2, 0.25) is 0 Å². The third-order valence-corrected chi connectivity index (χ3v) is 0.715. The first kappa shape index (κ1) is 23.8. The predicted molar refractivity (Wildman–Crippen MR) is 38.6 cm³/mol. The van der Waals surface area contributed by atoms with E-state index in [-0.39, 0.29) is 43.4 Å². The van der Waals surface area contributed by atoms with E-state index in [1.54, 1.807) is 0 Å². The fourth-order valence-electron chi connectivity index (χ4n) is 0. The minimum atomic E-state index is -1.23. The van der Waals surface area contributed by atoms with Gasteiger partial charge in [0.15, 0.2) is 0 Å². The SMILES string of the molecule is CC(O)C(=O)O.CC(O)C(=O)O.[Ti].[Ti]. The monoisotopic (exact) mass is 276 g/mol. The van der Waals surface area contributed by atoms with Crippen molar-refractivity contribution in [3.05, 3.63) is 0 Å². The minimum absolute atomic E-state index is 0. The Hall–Kier alpha value is 0.289. The molecule has 0 rings (SSSR count). The molecule has 0 radical (unpaired) electrons. The van der Waals surface area contributed by atoms with Gasteiger partial charge in [0.2, 0.25) is 0 Å². The molecule has 2 atom stereocenters. The van der Waals surface area contributed by atoms with Gasteiger partial charge in [0, 0.05) is 43.4 Å². The number of carbonyl (C=O) groups is 2. The van der Waals surface area contributed by atoms with E-state index >= 15 is 0 Å². The number of aliphatic hydroxyl groups is 2. The molecule has 0 aliphatic rings. The minimum Gasteiger partial charge on any atom is -0.479 e. The van der Waals surface area contributed by atoms with Crippen LogP contribution in [0.3, 0.4) is 0 Å². The Bertz CT molecular complexity index is 140. The quantitative estimate of drug-likeness (QED) is 0.476. The average Bonchev–Trinajstić information content (AvgIpc) is 1.88. The summed E-state index contributed by atoms with van der Waals surface area (Å²) in [5.74, 6) is -2.37. The smallest absolute Gasteiger partial charge is 0.332 e. The molecule has 0 amide bonds. The standard InChI is InChI=1S/2C3H6O3.2Ti/c2*1-2(4)3(5)6;;/h2*2,4H,1H3,(H,5,6);;. The van der Waals surface area contributed by atoms with E-state index in [2.05, 4.69) is 0 Å². The molecule has 0 saturated heterocycles. The van der Waals surface area contributed by atoms with Crippen molar-refractivity contribution in [3.63, 3.8) is 0 Å². The number of hydrogen-bond acceptors (Lipinski definition) is 4. The Kier molecular flexibility index (Phi) is 22.6. The summed E-state index contributed by atoms with van der Waals surface area (Å²) < 4.78 is 0. The summed E-state index contributed by atoms with van der Waals surface area (Å²) in [6.45, 7) is 2.39. The van der Waals surface area contributed by atoms with Crippen molar-refractivity contribution in [1.29, 1.82) is 0 Å². The van der Waals surface area contributed by atoms with Gasteiger partial charge in [-0.3, -0.25) is 0 Å². The van der Waals surface area contributed by atoms with Crippen LogP contribution in [0.1, 0.15) is 13.8 Å². The Morgan fingerprint density at radius 3 is 0.929 bits per heavy atom. The van der Waals surface area contributed by atoms with Crippen molar-refractivity contribution in [2.75, 3.05) is 0 Å². The van der Waals surface area contributed by atoms with E-state index in [0.29, 0.717) is 0 Å². The molecule has 8 heteroatoms. The van der Waals surface area contributed by atoms with Crippen LogP contribution < -0.4 is 0 Å². The molecule has 80 valence electrons. The fraction of sp³-hybridized carbons (Fsp3) is 0.667. The summed E-state index contributed by atoms with van der Waals surface area (Å²) in [5.41, 5.74) is 0. The summed E-state index contributed by atoms with van der Waals surface area (Å²) in [5, 5.41) is 31.5. The van der Waals surface area contributed by atoms with Gasteiger partial charge in [-0.05, 0) is 13.8 Å². The van der Waals surface area contributed by atoms with E-state index in [1.165, 1.54) is 13.8 Å². The van der Waals surface area contributed by atoms with Crippen LogP contribution >= 0.6 is 0 Å². The maximum absolute atomic E-state index is 9.45. The zero-order valence-corrected chi connectivity index (χ0v) is 10.9. The third kappa shape index (κ3) is 22.8. The van der Waals surface area contributed by atoms with Crippen molar-refractivity contribution in [2.24, 2.45) is 0 Å². The van der Waals surface area contributed by atoms with Crippen molar-refractivity contribution in [1.82, 2.24) is 0 Å². The number of hydrogen-bond donors (Lipinski definition) is 4. The average molecular weight is 276 g/mol. The van der Waals surface area contributed by atoms with E-state index in [9.17, 15) is 9.59 Å². The van der Waals surface area contributed by atoms with Crippen LogP contribution in [0.5, 0.6) is 0 Å². The van der Waals surface area contributed by atoms with Gasteiger partial charge in [0.1, 0.15) is 12.2 Å². The molecule has 6 nitrogen and oxygen atoms in total. The number of carboxylic acid groups (broad SMARTS) is 2. The molecule has 2 unspecified atom stereocenters. The Morgan fingerprint density at radius 2 is 0.929 bits per heavy atom. The summed E-state index contributed by atoms with van der Waals surface area (Å²) in [7, 11) is 0. The molecule has 0 saturated carbocycles. The number of carboxylic acids is 2. The van der Waals surface area contributed by atoms with Gasteiger partial charge in [-0.25, -0.2) is 9.59 Å². The topological polar surface area (TPSA) is 115 Å². The molecule has 0 spiro atoms. The molecule has 0 aromatic rings. The second-order valence-electron chi connectivity index (χ2n) is 2.03. The number of rotatable bonds is 2. The van der Waals surface area contributed by atoms with Crippen molar-refractivity contribution in [2.45, 2.75) is 26.1 Å². The number of aliphatic carboxylic acids is 2. The molecule has 14 heavy (non-hydrogen) atoms. The normalized spacial score (nSPS) is 11.7. The maximum atomic E-state index is 9.45. The summed E-state index contributed by atoms with van der Waals surface area (Å²) in [4.78, 5) is 18.9. The molecule has 0 aliphatic carbocycles.